The first-order valence-electron chi connectivity index (χ1n) is 6.00. The van der Waals surface area contributed by atoms with E-state index >= 15 is 0 Å². The quantitative estimate of drug-likeness (QED) is 0.747. The standard InChI is InChI=1S/C10H20N2O3S/c1-2-5-11-16(14,15)12-8-3-4-9(12)7-10(13)6-8/h8-11,13H,2-7H2,1H3. The van der Waals surface area contributed by atoms with Gasteiger partial charge >= 0.3 is 0 Å². The maximum atomic E-state index is 12.0. The van der Waals surface area contributed by atoms with E-state index in [2.05, 4.69) is 4.72 Å². The van der Waals surface area contributed by atoms with E-state index in [4.69, 9.17) is 0 Å². The van der Waals surface area contributed by atoms with E-state index < -0.39 is 10.2 Å². The fourth-order valence-electron chi connectivity index (χ4n) is 2.80. The predicted molar refractivity (Wildman–Crippen MR) is 61.1 cm³/mol. The van der Waals surface area contributed by atoms with E-state index in [1.165, 1.54) is 0 Å². The molecule has 2 saturated heterocycles. The number of hydrogen-bond donors (Lipinski definition) is 2. The number of piperidine rings is 1. The summed E-state index contributed by atoms with van der Waals surface area (Å²) in [6.45, 7) is 2.43. The van der Waals surface area contributed by atoms with Gasteiger partial charge < -0.3 is 5.11 Å². The topological polar surface area (TPSA) is 69.6 Å². The Morgan fingerprint density at radius 2 is 1.88 bits per heavy atom. The Balaban J connectivity index is 2.10. The smallest absolute Gasteiger partial charge is 0.279 e. The largest absolute Gasteiger partial charge is 0.393 e. The zero-order valence-corrected chi connectivity index (χ0v) is 10.4. The van der Waals surface area contributed by atoms with Crippen LogP contribution < -0.4 is 4.72 Å². The van der Waals surface area contributed by atoms with E-state index in [-0.39, 0.29) is 18.2 Å². The Morgan fingerprint density at radius 3 is 2.38 bits per heavy atom. The Morgan fingerprint density at radius 1 is 1.31 bits per heavy atom. The third-order valence-electron chi connectivity index (χ3n) is 3.45. The van der Waals surface area contributed by atoms with E-state index in [1.807, 2.05) is 6.92 Å². The second kappa shape index (κ2) is 4.60. The summed E-state index contributed by atoms with van der Waals surface area (Å²) in [4.78, 5) is 0. The molecule has 0 amide bonds. The van der Waals surface area contributed by atoms with Crippen molar-refractivity contribution in [1.82, 2.24) is 9.03 Å². The summed E-state index contributed by atoms with van der Waals surface area (Å²) >= 11 is 0. The van der Waals surface area contributed by atoms with Gasteiger partial charge in [0, 0.05) is 18.6 Å². The van der Waals surface area contributed by atoms with Crippen molar-refractivity contribution in [2.75, 3.05) is 6.54 Å². The van der Waals surface area contributed by atoms with Gasteiger partial charge in [-0.25, -0.2) is 4.72 Å². The molecular weight excluding hydrogens is 228 g/mol. The molecule has 2 aliphatic heterocycles. The molecular formula is C10H20N2O3S. The second-order valence-corrected chi connectivity index (χ2v) is 6.40. The third kappa shape index (κ3) is 2.25. The van der Waals surface area contributed by atoms with Crippen LogP contribution in [0.1, 0.15) is 39.0 Å². The second-order valence-electron chi connectivity index (χ2n) is 4.74. The summed E-state index contributed by atoms with van der Waals surface area (Å²) in [6, 6.07) is 0.00575. The lowest BCUT2D eigenvalue weighted by Crippen LogP contribution is -2.52. The molecule has 2 rings (SSSR count). The molecule has 5 nitrogen and oxygen atoms in total. The molecule has 0 aromatic rings. The maximum Gasteiger partial charge on any atom is 0.279 e. The molecule has 2 N–H and O–H groups in total. The van der Waals surface area contributed by atoms with Gasteiger partial charge in [0.2, 0.25) is 0 Å². The van der Waals surface area contributed by atoms with Gasteiger partial charge in [-0.1, -0.05) is 6.92 Å². The van der Waals surface area contributed by atoms with Crippen LogP contribution in [0.2, 0.25) is 0 Å². The Bertz CT molecular complexity index is 330. The van der Waals surface area contributed by atoms with Crippen LogP contribution in [-0.2, 0) is 10.2 Å². The minimum absolute atomic E-state index is 0.00288. The van der Waals surface area contributed by atoms with Crippen molar-refractivity contribution in [1.29, 1.82) is 0 Å². The molecule has 0 saturated carbocycles. The average molecular weight is 248 g/mol. The molecule has 2 fully saturated rings. The van der Waals surface area contributed by atoms with Gasteiger partial charge in [-0.15, -0.1) is 0 Å². The lowest BCUT2D eigenvalue weighted by molar-refractivity contribution is 0.0763. The number of aliphatic hydroxyl groups is 1. The molecule has 0 aromatic heterocycles. The highest BCUT2D eigenvalue weighted by Gasteiger charge is 2.46. The molecule has 0 radical (unpaired) electrons. The van der Waals surface area contributed by atoms with Gasteiger partial charge in [0.1, 0.15) is 0 Å². The molecule has 2 aliphatic rings. The normalized spacial score (nSPS) is 35.5. The van der Waals surface area contributed by atoms with Crippen molar-refractivity contribution in [2.45, 2.75) is 57.2 Å². The summed E-state index contributed by atoms with van der Waals surface area (Å²) in [7, 11) is -3.33. The number of aliphatic hydroxyl groups excluding tert-OH is 1. The van der Waals surface area contributed by atoms with Crippen LogP contribution in [0.5, 0.6) is 0 Å². The van der Waals surface area contributed by atoms with Crippen molar-refractivity contribution in [3.8, 4) is 0 Å². The first-order chi connectivity index (χ1) is 7.54. The lowest BCUT2D eigenvalue weighted by atomic mass is 10.0. The molecule has 2 heterocycles. The zero-order valence-electron chi connectivity index (χ0n) is 9.59. The number of hydrogen-bond acceptors (Lipinski definition) is 3. The van der Waals surface area contributed by atoms with E-state index in [9.17, 15) is 13.5 Å². The zero-order chi connectivity index (χ0) is 11.8. The van der Waals surface area contributed by atoms with Crippen LogP contribution in [0, 0.1) is 0 Å². The summed E-state index contributed by atoms with van der Waals surface area (Å²) in [5, 5.41) is 9.61. The van der Waals surface area contributed by atoms with Crippen LogP contribution >= 0.6 is 0 Å². The third-order valence-corrected chi connectivity index (χ3v) is 5.17. The number of rotatable bonds is 4. The van der Waals surface area contributed by atoms with Crippen molar-refractivity contribution < 1.29 is 13.5 Å². The fourth-order valence-corrected chi connectivity index (χ4v) is 4.58. The molecule has 0 aliphatic carbocycles. The lowest BCUT2D eigenvalue weighted by Gasteiger charge is -2.35. The van der Waals surface area contributed by atoms with Gasteiger partial charge in [0.05, 0.1) is 6.10 Å². The van der Waals surface area contributed by atoms with Crippen molar-refractivity contribution in [2.24, 2.45) is 0 Å². The summed E-state index contributed by atoms with van der Waals surface area (Å²) < 4.78 is 28.3. The SMILES string of the molecule is CCCNS(=O)(=O)N1C2CCC1CC(O)C2. The Labute approximate surface area is 97.0 Å². The minimum atomic E-state index is -3.33. The van der Waals surface area contributed by atoms with Crippen LogP contribution in [0.3, 0.4) is 0 Å². The fraction of sp³-hybridized carbons (Fsp3) is 1.00. The van der Waals surface area contributed by atoms with Gasteiger partial charge in [-0.05, 0) is 32.1 Å². The summed E-state index contributed by atoms with van der Waals surface area (Å²) in [5.41, 5.74) is 0. The Hall–Kier alpha value is -0.170. The van der Waals surface area contributed by atoms with Gasteiger partial charge in [0.25, 0.3) is 10.2 Å². The highest BCUT2D eigenvalue weighted by molar-refractivity contribution is 7.87. The predicted octanol–water partition coefficient (Wildman–Crippen LogP) is 0.218. The summed E-state index contributed by atoms with van der Waals surface area (Å²) in [5.74, 6) is 0. The minimum Gasteiger partial charge on any atom is -0.393 e. The van der Waals surface area contributed by atoms with Crippen molar-refractivity contribution >= 4 is 10.2 Å². The highest BCUT2D eigenvalue weighted by Crippen LogP contribution is 2.37. The van der Waals surface area contributed by atoms with E-state index in [0.29, 0.717) is 19.4 Å². The number of nitrogens with one attached hydrogen (secondary N) is 1. The summed E-state index contributed by atoms with van der Waals surface area (Å²) in [6.07, 6.45) is 3.41. The first-order valence-corrected chi connectivity index (χ1v) is 7.44. The molecule has 0 spiro atoms. The van der Waals surface area contributed by atoms with Gasteiger partial charge in [0.15, 0.2) is 0 Å². The molecule has 16 heavy (non-hydrogen) atoms. The van der Waals surface area contributed by atoms with E-state index in [1.54, 1.807) is 4.31 Å². The van der Waals surface area contributed by atoms with E-state index in [0.717, 1.165) is 19.3 Å². The average Bonchev–Trinajstić information content (AvgIpc) is 2.50. The first kappa shape index (κ1) is 12.3. The Kier molecular flexibility index (Phi) is 3.53. The van der Waals surface area contributed by atoms with Crippen LogP contribution in [0.15, 0.2) is 0 Å². The highest BCUT2D eigenvalue weighted by atomic mass is 32.2. The molecule has 94 valence electrons. The molecule has 0 aromatic carbocycles. The monoisotopic (exact) mass is 248 g/mol. The molecule has 2 atom stereocenters. The van der Waals surface area contributed by atoms with Crippen molar-refractivity contribution in [3.63, 3.8) is 0 Å². The number of nitrogens with zero attached hydrogens (tertiary/aromatic N) is 1. The maximum absolute atomic E-state index is 12.0. The molecule has 2 bridgehead atoms. The number of fused-ring (bicyclic) bond motifs is 2. The molecule has 2 unspecified atom stereocenters. The van der Waals surface area contributed by atoms with Crippen LogP contribution in [0.25, 0.3) is 0 Å². The van der Waals surface area contributed by atoms with Crippen LogP contribution in [-0.4, -0.2) is 42.6 Å². The van der Waals surface area contributed by atoms with Crippen LogP contribution in [0.4, 0.5) is 0 Å². The van der Waals surface area contributed by atoms with Gasteiger partial charge in [-0.2, -0.15) is 12.7 Å². The van der Waals surface area contributed by atoms with Gasteiger partial charge in [-0.3, -0.25) is 0 Å². The van der Waals surface area contributed by atoms with Crippen molar-refractivity contribution in [3.05, 3.63) is 0 Å². The molecule has 6 heteroatoms.